The highest BCUT2D eigenvalue weighted by Gasteiger charge is 2.29. The van der Waals surface area contributed by atoms with Crippen LogP contribution in [0, 0.1) is 11.7 Å². The van der Waals surface area contributed by atoms with Gasteiger partial charge in [0, 0.05) is 19.1 Å². The number of hydrogen-bond donors (Lipinski definition) is 1. The number of amides is 1. The van der Waals surface area contributed by atoms with Crippen LogP contribution in [0.15, 0.2) is 18.2 Å². The van der Waals surface area contributed by atoms with E-state index in [9.17, 15) is 9.18 Å². The fraction of sp³-hybridized carbons (Fsp3) is 0.562. The van der Waals surface area contributed by atoms with Crippen molar-refractivity contribution >= 4 is 11.6 Å². The van der Waals surface area contributed by atoms with Crippen LogP contribution in [-0.2, 0) is 0 Å². The third kappa shape index (κ3) is 2.94. The number of carbonyl (C=O) groups excluding carboxylic acids is 1. The molecule has 0 bridgehead atoms. The molecule has 1 N–H and O–H groups in total. The van der Waals surface area contributed by atoms with E-state index in [0.29, 0.717) is 23.7 Å². The Labute approximate surface area is 120 Å². The molecule has 3 nitrogen and oxygen atoms in total. The lowest BCUT2D eigenvalue weighted by Gasteiger charge is -2.37. The van der Waals surface area contributed by atoms with E-state index in [-0.39, 0.29) is 17.8 Å². The summed E-state index contributed by atoms with van der Waals surface area (Å²) in [5.74, 6) is 0.213. The molecule has 1 heterocycles. The van der Waals surface area contributed by atoms with Gasteiger partial charge in [0.25, 0.3) is 5.91 Å². The number of nitrogens with one attached hydrogen (secondary N) is 1. The molecule has 1 aliphatic rings. The second-order valence-electron chi connectivity index (χ2n) is 5.67. The second kappa shape index (κ2) is 6.25. The highest BCUT2D eigenvalue weighted by molar-refractivity contribution is 6.00. The van der Waals surface area contributed by atoms with Crippen LogP contribution in [0.4, 0.5) is 10.1 Å². The fourth-order valence-electron chi connectivity index (χ4n) is 2.92. The maximum atomic E-state index is 13.9. The molecule has 1 saturated heterocycles. The molecule has 4 heteroatoms. The lowest BCUT2D eigenvalue weighted by molar-refractivity contribution is 0.0589. The van der Waals surface area contributed by atoms with Gasteiger partial charge in [0.2, 0.25) is 0 Å². The van der Waals surface area contributed by atoms with Crippen LogP contribution in [0.3, 0.4) is 0 Å². The van der Waals surface area contributed by atoms with Gasteiger partial charge in [-0.2, -0.15) is 0 Å². The number of halogens is 1. The van der Waals surface area contributed by atoms with Gasteiger partial charge in [-0.15, -0.1) is 0 Å². The van der Waals surface area contributed by atoms with Gasteiger partial charge < -0.3 is 10.2 Å². The van der Waals surface area contributed by atoms with Crippen molar-refractivity contribution in [2.24, 2.45) is 5.92 Å². The summed E-state index contributed by atoms with van der Waals surface area (Å²) < 4.78 is 13.9. The van der Waals surface area contributed by atoms with E-state index in [1.807, 2.05) is 11.8 Å². The number of anilines is 1. The Morgan fingerprint density at radius 3 is 2.85 bits per heavy atom. The molecule has 0 spiro atoms. The van der Waals surface area contributed by atoms with Gasteiger partial charge in [-0.05, 0) is 44.7 Å². The van der Waals surface area contributed by atoms with E-state index in [4.69, 9.17) is 0 Å². The Balaban J connectivity index is 2.27. The minimum Gasteiger partial charge on any atom is -0.382 e. The molecule has 0 aromatic heterocycles. The zero-order valence-corrected chi connectivity index (χ0v) is 12.4. The summed E-state index contributed by atoms with van der Waals surface area (Å²) in [5, 5.41) is 2.97. The van der Waals surface area contributed by atoms with Crippen molar-refractivity contribution in [2.45, 2.75) is 39.7 Å². The fourth-order valence-corrected chi connectivity index (χ4v) is 2.92. The van der Waals surface area contributed by atoms with Crippen molar-refractivity contribution in [1.82, 2.24) is 4.90 Å². The van der Waals surface area contributed by atoms with Gasteiger partial charge in [0.15, 0.2) is 0 Å². The molecule has 1 fully saturated rings. The number of benzene rings is 1. The number of nitrogens with zero attached hydrogens (tertiary/aromatic N) is 1. The van der Waals surface area contributed by atoms with Crippen LogP contribution in [0.1, 0.15) is 44.0 Å². The van der Waals surface area contributed by atoms with E-state index in [0.717, 1.165) is 19.4 Å². The summed E-state index contributed by atoms with van der Waals surface area (Å²) in [6.45, 7) is 7.52. The lowest BCUT2D eigenvalue weighted by Crippen LogP contribution is -2.44. The van der Waals surface area contributed by atoms with E-state index in [1.54, 1.807) is 12.1 Å². The van der Waals surface area contributed by atoms with Crippen LogP contribution in [-0.4, -0.2) is 29.9 Å². The third-order valence-electron chi connectivity index (χ3n) is 4.00. The topological polar surface area (TPSA) is 32.3 Å². The molecule has 20 heavy (non-hydrogen) atoms. The summed E-state index contributed by atoms with van der Waals surface area (Å²) >= 11 is 0. The zero-order chi connectivity index (χ0) is 14.7. The number of hydrogen-bond acceptors (Lipinski definition) is 2. The number of carbonyl (C=O) groups is 1. The standard InChI is InChI=1S/C16H23FN2O/c1-4-18-15-13(6-5-7-14(15)17)16(20)19-9-8-11(2)10-12(19)3/h5-7,11-12,18H,4,8-10H2,1-3H3. The van der Waals surface area contributed by atoms with Crippen LogP contribution in [0.5, 0.6) is 0 Å². The van der Waals surface area contributed by atoms with Crippen LogP contribution in [0.2, 0.25) is 0 Å². The predicted octanol–water partition coefficient (Wildman–Crippen LogP) is 3.52. The smallest absolute Gasteiger partial charge is 0.256 e. The Morgan fingerprint density at radius 1 is 1.45 bits per heavy atom. The van der Waals surface area contributed by atoms with Crippen molar-refractivity contribution in [3.8, 4) is 0 Å². The Kier molecular flexibility index (Phi) is 4.63. The molecule has 0 aliphatic carbocycles. The maximum absolute atomic E-state index is 13.9. The van der Waals surface area contributed by atoms with Crippen molar-refractivity contribution in [3.63, 3.8) is 0 Å². The molecule has 1 amide bonds. The SMILES string of the molecule is CCNc1c(F)cccc1C(=O)N1CCC(C)CC1C. The maximum Gasteiger partial charge on any atom is 0.256 e. The van der Waals surface area contributed by atoms with Gasteiger partial charge in [0.05, 0.1) is 11.3 Å². The van der Waals surface area contributed by atoms with Gasteiger partial charge in [-0.3, -0.25) is 4.79 Å². The molecule has 1 aliphatic heterocycles. The second-order valence-corrected chi connectivity index (χ2v) is 5.67. The first-order chi connectivity index (χ1) is 9.54. The van der Waals surface area contributed by atoms with Crippen molar-refractivity contribution < 1.29 is 9.18 Å². The number of rotatable bonds is 3. The van der Waals surface area contributed by atoms with Gasteiger partial charge >= 0.3 is 0 Å². The molecule has 0 saturated carbocycles. The normalized spacial score (nSPS) is 22.7. The van der Waals surface area contributed by atoms with Gasteiger partial charge in [0.1, 0.15) is 5.82 Å². The van der Waals surface area contributed by atoms with Crippen LogP contribution >= 0.6 is 0 Å². The molecule has 1 aromatic carbocycles. The summed E-state index contributed by atoms with van der Waals surface area (Å²) in [5.41, 5.74) is 0.763. The molecular formula is C16H23FN2O. The van der Waals surface area contributed by atoms with Gasteiger partial charge in [-0.1, -0.05) is 13.0 Å². The van der Waals surface area contributed by atoms with Crippen molar-refractivity contribution in [3.05, 3.63) is 29.6 Å². The summed E-state index contributed by atoms with van der Waals surface area (Å²) in [6, 6.07) is 4.90. The van der Waals surface area contributed by atoms with Crippen molar-refractivity contribution in [2.75, 3.05) is 18.4 Å². The monoisotopic (exact) mass is 278 g/mol. The molecule has 2 atom stereocenters. The molecule has 2 rings (SSSR count). The van der Waals surface area contributed by atoms with Crippen LogP contribution < -0.4 is 5.32 Å². The predicted molar refractivity (Wildman–Crippen MR) is 79.5 cm³/mol. The van der Waals surface area contributed by atoms with E-state index in [1.165, 1.54) is 6.07 Å². The summed E-state index contributed by atoms with van der Waals surface area (Å²) in [4.78, 5) is 14.6. The Hall–Kier alpha value is -1.58. The Morgan fingerprint density at radius 2 is 2.20 bits per heavy atom. The number of likely N-dealkylation sites (tertiary alicyclic amines) is 1. The average Bonchev–Trinajstić information content (AvgIpc) is 2.40. The van der Waals surface area contributed by atoms with Crippen LogP contribution in [0.25, 0.3) is 0 Å². The first-order valence-electron chi connectivity index (χ1n) is 7.38. The lowest BCUT2D eigenvalue weighted by atomic mass is 9.92. The quantitative estimate of drug-likeness (QED) is 0.917. The average molecular weight is 278 g/mol. The highest BCUT2D eigenvalue weighted by Crippen LogP contribution is 2.27. The van der Waals surface area contributed by atoms with Gasteiger partial charge in [-0.25, -0.2) is 4.39 Å². The summed E-state index contributed by atoms with van der Waals surface area (Å²) in [7, 11) is 0. The Bertz CT molecular complexity index is 489. The number of piperidine rings is 1. The molecule has 110 valence electrons. The molecular weight excluding hydrogens is 255 g/mol. The molecule has 0 radical (unpaired) electrons. The summed E-state index contributed by atoms with van der Waals surface area (Å²) in [6.07, 6.45) is 2.03. The highest BCUT2D eigenvalue weighted by atomic mass is 19.1. The largest absolute Gasteiger partial charge is 0.382 e. The van der Waals surface area contributed by atoms with Crippen molar-refractivity contribution in [1.29, 1.82) is 0 Å². The first kappa shape index (κ1) is 14.8. The zero-order valence-electron chi connectivity index (χ0n) is 12.4. The van der Waals surface area contributed by atoms with E-state index < -0.39 is 0 Å². The first-order valence-corrected chi connectivity index (χ1v) is 7.38. The molecule has 2 unspecified atom stereocenters. The molecule has 1 aromatic rings. The minimum atomic E-state index is -0.365. The van der Waals surface area contributed by atoms with E-state index >= 15 is 0 Å². The number of para-hydroxylation sites is 1. The third-order valence-corrected chi connectivity index (χ3v) is 4.00. The van der Waals surface area contributed by atoms with E-state index in [2.05, 4.69) is 19.2 Å². The minimum absolute atomic E-state index is 0.0696.